The van der Waals surface area contributed by atoms with Crippen molar-refractivity contribution in [3.05, 3.63) is 64.4 Å². The van der Waals surface area contributed by atoms with E-state index in [0.717, 1.165) is 32.6 Å². The second-order valence-electron chi connectivity index (χ2n) is 5.02. The highest BCUT2D eigenvalue weighted by atomic mass is 79.9. The number of aryl methyl sites for hydroxylation is 1. The first-order valence-corrected chi connectivity index (χ1v) is 7.56. The van der Waals surface area contributed by atoms with Crippen molar-refractivity contribution < 1.29 is 4.79 Å². The summed E-state index contributed by atoms with van der Waals surface area (Å²) >= 11 is 3.43. The van der Waals surface area contributed by atoms with Gasteiger partial charge in [-0.1, -0.05) is 28.1 Å². The lowest BCUT2D eigenvalue weighted by Gasteiger charge is -2.01. The van der Waals surface area contributed by atoms with E-state index in [2.05, 4.69) is 15.9 Å². The summed E-state index contributed by atoms with van der Waals surface area (Å²) in [6.45, 7) is 2.02. The molecule has 0 saturated heterocycles. The van der Waals surface area contributed by atoms with Crippen molar-refractivity contribution in [3.63, 3.8) is 0 Å². The van der Waals surface area contributed by atoms with Crippen molar-refractivity contribution >= 4 is 33.6 Å². The summed E-state index contributed by atoms with van der Waals surface area (Å²) in [5, 5.41) is 0. The van der Waals surface area contributed by atoms with E-state index >= 15 is 0 Å². The SMILES string of the molecule is Cc1ccn2c(/C=C/C(N)=O)c(-c3ccc(Br)cc3)nc2c1. The summed E-state index contributed by atoms with van der Waals surface area (Å²) in [6, 6.07) is 11.9. The van der Waals surface area contributed by atoms with Gasteiger partial charge in [0.1, 0.15) is 5.65 Å². The Kier molecular flexibility index (Phi) is 3.81. The Balaban J connectivity index is 2.25. The molecule has 0 aliphatic carbocycles. The van der Waals surface area contributed by atoms with Crippen LogP contribution in [-0.2, 0) is 4.79 Å². The van der Waals surface area contributed by atoms with Crippen LogP contribution in [0.5, 0.6) is 0 Å². The number of primary amides is 1. The van der Waals surface area contributed by atoms with Gasteiger partial charge in [0.25, 0.3) is 0 Å². The minimum absolute atomic E-state index is 0.483. The van der Waals surface area contributed by atoms with Crippen LogP contribution in [0.2, 0.25) is 0 Å². The largest absolute Gasteiger partial charge is 0.366 e. The smallest absolute Gasteiger partial charge is 0.241 e. The molecular weight excluding hydrogens is 342 g/mol. The zero-order valence-corrected chi connectivity index (χ0v) is 13.5. The molecule has 3 rings (SSSR count). The number of carbonyl (C=O) groups excluding carboxylic acids is 1. The van der Waals surface area contributed by atoms with Crippen LogP contribution in [-0.4, -0.2) is 15.3 Å². The molecule has 0 aliphatic heterocycles. The van der Waals surface area contributed by atoms with Crippen molar-refractivity contribution in [2.75, 3.05) is 0 Å². The van der Waals surface area contributed by atoms with Gasteiger partial charge in [0.05, 0.1) is 11.4 Å². The zero-order chi connectivity index (χ0) is 15.7. The van der Waals surface area contributed by atoms with Crippen LogP contribution >= 0.6 is 15.9 Å². The van der Waals surface area contributed by atoms with E-state index in [9.17, 15) is 4.79 Å². The normalized spacial score (nSPS) is 11.4. The number of imidazole rings is 1. The van der Waals surface area contributed by atoms with E-state index in [1.807, 2.05) is 53.9 Å². The first-order valence-electron chi connectivity index (χ1n) is 6.77. The predicted molar refractivity (Wildman–Crippen MR) is 91.3 cm³/mol. The number of hydrogen-bond acceptors (Lipinski definition) is 2. The third kappa shape index (κ3) is 2.80. The highest BCUT2D eigenvalue weighted by Gasteiger charge is 2.12. The van der Waals surface area contributed by atoms with Crippen LogP contribution in [0.1, 0.15) is 11.3 Å². The fourth-order valence-electron chi connectivity index (χ4n) is 2.31. The third-order valence-electron chi connectivity index (χ3n) is 3.34. The molecule has 0 atom stereocenters. The minimum Gasteiger partial charge on any atom is -0.366 e. The molecule has 1 amide bonds. The molecule has 0 saturated carbocycles. The van der Waals surface area contributed by atoms with Gasteiger partial charge in [0.2, 0.25) is 5.91 Å². The Bertz CT molecular complexity index is 879. The summed E-state index contributed by atoms with van der Waals surface area (Å²) in [5.41, 5.74) is 9.81. The summed E-state index contributed by atoms with van der Waals surface area (Å²) in [7, 11) is 0. The molecule has 2 heterocycles. The number of pyridine rings is 1. The number of nitrogens with two attached hydrogens (primary N) is 1. The van der Waals surface area contributed by atoms with Crippen molar-refractivity contribution in [3.8, 4) is 11.3 Å². The number of halogens is 1. The maximum absolute atomic E-state index is 11.1. The molecule has 5 heteroatoms. The van der Waals surface area contributed by atoms with E-state index in [0.29, 0.717) is 0 Å². The number of nitrogens with zero attached hydrogens (tertiary/aromatic N) is 2. The maximum atomic E-state index is 11.1. The number of aromatic nitrogens is 2. The van der Waals surface area contributed by atoms with Gasteiger partial charge >= 0.3 is 0 Å². The molecule has 0 fully saturated rings. The number of rotatable bonds is 3. The quantitative estimate of drug-likeness (QED) is 0.730. The van der Waals surface area contributed by atoms with Gasteiger partial charge in [-0.3, -0.25) is 9.20 Å². The molecule has 2 N–H and O–H groups in total. The number of benzene rings is 1. The van der Waals surface area contributed by atoms with E-state index in [-0.39, 0.29) is 0 Å². The number of fused-ring (bicyclic) bond motifs is 1. The molecule has 22 heavy (non-hydrogen) atoms. The van der Waals surface area contributed by atoms with Crippen molar-refractivity contribution in [1.82, 2.24) is 9.38 Å². The van der Waals surface area contributed by atoms with Crippen molar-refractivity contribution in [1.29, 1.82) is 0 Å². The van der Waals surface area contributed by atoms with Crippen LogP contribution in [0.15, 0.2) is 53.1 Å². The lowest BCUT2D eigenvalue weighted by atomic mass is 10.1. The summed E-state index contributed by atoms with van der Waals surface area (Å²) in [4.78, 5) is 15.8. The number of carbonyl (C=O) groups is 1. The molecular formula is C17H14BrN3O. The van der Waals surface area contributed by atoms with E-state index < -0.39 is 5.91 Å². The summed E-state index contributed by atoms with van der Waals surface area (Å²) in [5.74, 6) is -0.483. The van der Waals surface area contributed by atoms with Gasteiger partial charge in [-0.15, -0.1) is 0 Å². The van der Waals surface area contributed by atoms with E-state index in [4.69, 9.17) is 10.7 Å². The molecule has 4 nitrogen and oxygen atoms in total. The van der Waals surface area contributed by atoms with Crippen LogP contribution in [0.4, 0.5) is 0 Å². The van der Waals surface area contributed by atoms with Crippen molar-refractivity contribution in [2.45, 2.75) is 6.92 Å². The van der Waals surface area contributed by atoms with Crippen LogP contribution < -0.4 is 5.73 Å². The molecule has 2 aromatic heterocycles. The van der Waals surface area contributed by atoms with Crippen LogP contribution in [0.3, 0.4) is 0 Å². The zero-order valence-electron chi connectivity index (χ0n) is 12.0. The first kappa shape index (κ1) is 14.5. The summed E-state index contributed by atoms with van der Waals surface area (Å²) < 4.78 is 2.95. The Morgan fingerprint density at radius 3 is 2.68 bits per heavy atom. The topological polar surface area (TPSA) is 60.4 Å². The first-order chi connectivity index (χ1) is 10.5. The fraction of sp³-hybridized carbons (Fsp3) is 0.0588. The van der Waals surface area contributed by atoms with Crippen molar-refractivity contribution in [2.24, 2.45) is 5.73 Å². The van der Waals surface area contributed by atoms with Gasteiger partial charge in [-0.2, -0.15) is 0 Å². The Morgan fingerprint density at radius 2 is 2.00 bits per heavy atom. The molecule has 0 bridgehead atoms. The minimum atomic E-state index is -0.483. The standard InChI is InChI=1S/C17H14BrN3O/c1-11-8-9-21-14(6-7-15(19)22)17(20-16(21)10-11)12-2-4-13(18)5-3-12/h2-10H,1H3,(H2,19,22)/b7-6+. The molecule has 0 unspecified atom stereocenters. The Labute approximate surface area is 136 Å². The van der Waals surface area contributed by atoms with Crippen LogP contribution in [0, 0.1) is 6.92 Å². The monoisotopic (exact) mass is 355 g/mol. The van der Waals surface area contributed by atoms with E-state index in [1.54, 1.807) is 6.08 Å². The van der Waals surface area contributed by atoms with Gasteiger partial charge in [0, 0.05) is 22.3 Å². The summed E-state index contributed by atoms with van der Waals surface area (Å²) in [6.07, 6.45) is 5.00. The lowest BCUT2D eigenvalue weighted by molar-refractivity contribution is -0.113. The van der Waals surface area contributed by atoms with Gasteiger partial charge < -0.3 is 5.73 Å². The average Bonchev–Trinajstić information content (AvgIpc) is 2.83. The Hall–Kier alpha value is -2.40. The average molecular weight is 356 g/mol. The Morgan fingerprint density at radius 1 is 1.27 bits per heavy atom. The van der Waals surface area contributed by atoms with Gasteiger partial charge in [-0.25, -0.2) is 4.98 Å². The highest BCUT2D eigenvalue weighted by Crippen LogP contribution is 2.27. The van der Waals surface area contributed by atoms with Crippen LogP contribution in [0.25, 0.3) is 23.0 Å². The molecule has 0 aliphatic rings. The molecule has 1 aromatic carbocycles. The second kappa shape index (κ2) is 5.77. The number of amides is 1. The molecule has 110 valence electrons. The van der Waals surface area contributed by atoms with E-state index in [1.165, 1.54) is 6.08 Å². The van der Waals surface area contributed by atoms with Gasteiger partial charge in [0.15, 0.2) is 0 Å². The van der Waals surface area contributed by atoms with Gasteiger partial charge in [-0.05, 0) is 42.8 Å². The predicted octanol–water partition coefficient (Wildman–Crippen LogP) is 3.57. The second-order valence-corrected chi connectivity index (χ2v) is 5.94. The number of hydrogen-bond donors (Lipinski definition) is 1. The third-order valence-corrected chi connectivity index (χ3v) is 3.87. The fourth-order valence-corrected chi connectivity index (χ4v) is 2.57. The maximum Gasteiger partial charge on any atom is 0.241 e. The molecule has 0 radical (unpaired) electrons. The molecule has 0 spiro atoms. The highest BCUT2D eigenvalue weighted by molar-refractivity contribution is 9.10. The lowest BCUT2D eigenvalue weighted by Crippen LogP contribution is -2.05. The molecule has 3 aromatic rings.